The lowest BCUT2D eigenvalue weighted by molar-refractivity contribution is -0.208. The molecule has 10 nitrogen and oxygen atoms in total. The molecule has 476 valence electrons. The zero-order valence-electron chi connectivity index (χ0n) is 48.2. The Bertz CT molecular complexity index is 3020. The number of carbonyl (C=O) groups excluding carboxylic acids is 1. The van der Waals surface area contributed by atoms with Crippen molar-refractivity contribution in [1.29, 1.82) is 0 Å². The first-order valence-corrected chi connectivity index (χ1v) is 37.4. The van der Waals surface area contributed by atoms with Gasteiger partial charge in [0.1, 0.15) is 33.5 Å². The third-order valence-corrected chi connectivity index (χ3v) is 25.9. The van der Waals surface area contributed by atoms with E-state index in [9.17, 15) is 61.9 Å². The van der Waals surface area contributed by atoms with Crippen molar-refractivity contribution in [2.45, 2.75) is 167 Å². The Hall–Kier alpha value is -3.54. The predicted octanol–water partition coefficient (Wildman–Crippen LogP) is 16.1. The summed E-state index contributed by atoms with van der Waals surface area (Å²) in [4.78, 5) is 10.6. The van der Waals surface area contributed by atoms with Gasteiger partial charge in [0.25, 0.3) is 0 Å². The van der Waals surface area contributed by atoms with E-state index in [1.54, 1.807) is 18.5 Å². The monoisotopic (exact) mass is 1330 g/mol. The summed E-state index contributed by atoms with van der Waals surface area (Å²) in [5, 5.41) is 10.0. The van der Waals surface area contributed by atoms with E-state index in [1.165, 1.54) is 107 Å². The predicted molar refractivity (Wildman–Crippen MR) is 312 cm³/mol. The summed E-state index contributed by atoms with van der Waals surface area (Å²) in [5.74, 6) is -10.5. The van der Waals surface area contributed by atoms with E-state index in [0.29, 0.717) is 19.2 Å². The first kappa shape index (κ1) is 72.2. The van der Waals surface area contributed by atoms with E-state index < -0.39 is 127 Å². The third-order valence-electron chi connectivity index (χ3n) is 15.7. The lowest BCUT2D eigenvalue weighted by atomic mass is 9.74. The minimum atomic E-state index is -4.87. The van der Waals surface area contributed by atoms with E-state index in [2.05, 4.69) is 20.8 Å². The molecule has 4 aromatic carbocycles. The maximum atomic E-state index is 15.2. The van der Waals surface area contributed by atoms with E-state index in [-0.39, 0.29) is 78.1 Å². The van der Waals surface area contributed by atoms with Crippen molar-refractivity contribution in [3.05, 3.63) is 117 Å². The number of hydrogen-bond acceptors (Lipinski definition) is 10. The topological polar surface area (TPSA) is 142 Å². The van der Waals surface area contributed by atoms with Crippen molar-refractivity contribution >= 4 is 65.2 Å². The van der Waals surface area contributed by atoms with Crippen LogP contribution in [0.5, 0.6) is 11.5 Å². The molecule has 0 amide bonds. The number of hydrogen-bond donors (Lipinski definition) is 1. The number of fused-ring (bicyclic) bond motifs is 6. The summed E-state index contributed by atoms with van der Waals surface area (Å²) >= 11 is 11.8. The molecule has 2 fully saturated rings. The molecule has 85 heavy (non-hydrogen) atoms. The quantitative estimate of drug-likeness (QED) is 0.0417. The summed E-state index contributed by atoms with van der Waals surface area (Å²) in [6.45, 7) is 9.95. The van der Waals surface area contributed by atoms with Crippen molar-refractivity contribution in [3.8, 4) is 11.5 Å². The minimum absolute atomic E-state index is 0.0161. The number of ether oxygens (including phenoxy) is 4. The fraction of sp³-hybridized carbons (Fsp3) is 0.576. The second-order valence-electron chi connectivity index (χ2n) is 22.3. The highest BCUT2D eigenvalue weighted by Gasteiger charge is 2.63. The Morgan fingerprint density at radius 3 is 1.31 bits per heavy atom. The smallest absolute Gasteiger partial charge is 0.414 e. The van der Waals surface area contributed by atoms with Crippen LogP contribution >= 0.6 is 31.1 Å². The summed E-state index contributed by atoms with van der Waals surface area (Å²) in [5.41, 5.74) is -0.823. The van der Waals surface area contributed by atoms with Crippen LogP contribution in [0.1, 0.15) is 109 Å². The van der Waals surface area contributed by atoms with Gasteiger partial charge in [-0.15, -0.1) is 7.92 Å². The number of alkyl halides is 6. The maximum Gasteiger partial charge on any atom is 0.414 e. The highest BCUT2D eigenvalue weighted by Crippen LogP contribution is 2.58. The molecule has 0 bridgehead atoms. The molecule has 8 rings (SSSR count). The second-order valence-corrected chi connectivity index (χ2v) is 35.4. The Morgan fingerprint density at radius 1 is 0.624 bits per heavy atom. The van der Waals surface area contributed by atoms with E-state index >= 15 is 8.78 Å². The molecule has 4 heterocycles. The molecule has 4 aromatic rings. The molecular formula is C59H75Cl2F10O10PS2Si. The average molecular weight is 1330 g/mol. The molecule has 4 aliphatic rings. The fourth-order valence-corrected chi connectivity index (χ4v) is 18.8. The minimum Gasteiger partial charge on any atom is -0.490 e. The number of carbonyl (C=O) groups is 1. The average Bonchev–Trinajstić information content (AvgIpc) is 0.745. The molecule has 0 saturated carbocycles. The fourth-order valence-electron chi connectivity index (χ4n) is 10.9. The highest BCUT2D eigenvalue weighted by atomic mass is 35.5. The third kappa shape index (κ3) is 16.7. The molecule has 0 aromatic heterocycles. The van der Waals surface area contributed by atoms with Crippen LogP contribution in [0.15, 0.2) is 82.6 Å². The van der Waals surface area contributed by atoms with Gasteiger partial charge >= 0.3 is 12.0 Å². The van der Waals surface area contributed by atoms with Gasteiger partial charge in [-0.2, -0.15) is 26.3 Å². The number of aldehydes is 1. The lowest BCUT2D eigenvalue weighted by Crippen LogP contribution is -2.57. The molecule has 0 spiro atoms. The molecule has 4 aliphatic heterocycles. The van der Waals surface area contributed by atoms with Gasteiger partial charge in [0.2, 0.25) is 0 Å². The number of unbranched alkanes of at least 4 members (excludes halogenated alkanes) is 3. The van der Waals surface area contributed by atoms with Gasteiger partial charge in [0.05, 0.1) is 46.3 Å². The summed E-state index contributed by atoms with van der Waals surface area (Å²) in [7, 11) is -11.1. The number of aliphatic hydroxyl groups is 1. The van der Waals surface area contributed by atoms with Crippen LogP contribution in [0, 0.1) is 35.1 Å². The molecule has 1 N–H and O–H groups in total. The van der Waals surface area contributed by atoms with E-state index in [0.717, 1.165) is 24.3 Å². The van der Waals surface area contributed by atoms with Crippen LogP contribution in [0.25, 0.3) is 0 Å². The summed E-state index contributed by atoms with van der Waals surface area (Å²) in [6, 6.07) is 14.1. The van der Waals surface area contributed by atoms with Gasteiger partial charge in [-0.1, -0.05) is 82.9 Å². The van der Waals surface area contributed by atoms with Crippen molar-refractivity contribution in [2.75, 3.05) is 44.9 Å². The molecule has 0 aliphatic carbocycles. The zero-order chi connectivity index (χ0) is 63.3. The van der Waals surface area contributed by atoms with Crippen LogP contribution in [-0.4, -0.2) is 112 Å². The largest absolute Gasteiger partial charge is 0.490 e. The van der Waals surface area contributed by atoms with Crippen molar-refractivity contribution in [1.82, 2.24) is 0 Å². The molecule has 2 saturated heterocycles. The standard InChI is InChI=1S/C22H20ClF5O5S.C21H19ClF2O5S.C12H27P.C4H9F3Si/c23-12-1-3-13(4-2-12)34(30,31)21-9-10-32-17(7-8-18(29)22(26,27)28)14(21)11-33-20-16(25)6-5-15(24)19(20)21;22-13-3-5-14(6-4-13)30(26,27)21-9-11-28-18(2-1-10-25)15(21)12-29-20-17(24)8-7-16(23)19(20)21;1-4-7-10-13(11-8-5-2)12-9-6-3;1-8(2,3)4(5,6)7/h1-6,14,17-18,29H,7-11H2;3-8,10,15,18H,1-2,9,11-12H2;4-12H2,1-3H3;1-3H3/t14-,17-,18?,21-;15-,18-,21-;;/m00../s1. The first-order valence-electron chi connectivity index (χ1n) is 28.3. The van der Waals surface area contributed by atoms with Gasteiger partial charge in [-0.25, -0.2) is 34.4 Å². The highest BCUT2D eigenvalue weighted by molar-refractivity contribution is 7.92. The Kier molecular flexibility index (Phi) is 26.1. The molecule has 1 unspecified atom stereocenters. The number of rotatable bonds is 19. The Balaban J connectivity index is 0.000000235. The van der Waals surface area contributed by atoms with Crippen LogP contribution in [0.4, 0.5) is 43.9 Å². The molecule has 7 atom stereocenters. The normalized spacial score (nSPS) is 22.4. The van der Waals surface area contributed by atoms with Crippen molar-refractivity contribution in [2.24, 2.45) is 11.8 Å². The molecule has 0 radical (unpaired) electrons. The lowest BCUT2D eigenvalue weighted by Gasteiger charge is -2.50. The second kappa shape index (κ2) is 30.8. The first-order chi connectivity index (χ1) is 39.8. The van der Waals surface area contributed by atoms with Crippen molar-refractivity contribution < 1.29 is 89.6 Å². The van der Waals surface area contributed by atoms with Gasteiger partial charge in [-0.3, -0.25) is 0 Å². The zero-order valence-corrected chi connectivity index (χ0v) is 53.3. The number of sulfone groups is 2. The number of benzene rings is 4. The number of aliphatic hydroxyl groups excluding tert-OH is 1. The van der Waals surface area contributed by atoms with E-state index in [4.69, 9.17) is 42.1 Å². The SMILES string of the molecule is CCCCP(CCCC)CCCC.C[Si](C)(C)C(F)(F)F.O=CCC[C@@H]1OCC[C@@]2(S(=O)(=O)c3ccc(Cl)cc3)c3c(F)ccc(F)c3OC[C@@H]12.O=S(=O)(c1ccc(Cl)cc1)[C@@]12CCO[C@@H](CCC(O)C(F)(F)F)[C@@H]1COc1c(F)ccc(F)c12. The van der Waals surface area contributed by atoms with Gasteiger partial charge < -0.3 is 28.8 Å². The van der Waals surface area contributed by atoms with Crippen LogP contribution in [-0.2, 0) is 43.4 Å². The number of halogens is 12. The Labute approximate surface area is 504 Å². The molecular weight excluding hydrogens is 1250 g/mol. The molecule has 26 heteroatoms. The van der Waals surface area contributed by atoms with Crippen LogP contribution in [0.3, 0.4) is 0 Å². The van der Waals surface area contributed by atoms with Crippen LogP contribution in [0.2, 0.25) is 29.7 Å². The summed E-state index contributed by atoms with van der Waals surface area (Å²) < 4.78 is 207. The van der Waals surface area contributed by atoms with Gasteiger partial charge in [0.15, 0.2) is 50.9 Å². The van der Waals surface area contributed by atoms with Crippen LogP contribution < -0.4 is 9.47 Å². The summed E-state index contributed by atoms with van der Waals surface area (Å²) in [6.07, 6.45) is 3.52. The van der Waals surface area contributed by atoms with Crippen molar-refractivity contribution in [3.63, 3.8) is 0 Å². The Morgan fingerprint density at radius 2 is 0.976 bits per heavy atom. The van der Waals surface area contributed by atoms with Gasteiger partial charge in [0, 0.05) is 41.5 Å². The maximum absolute atomic E-state index is 15.2. The van der Waals surface area contributed by atoms with Gasteiger partial charge in [-0.05, 0) is 143 Å². The van der Waals surface area contributed by atoms with E-state index in [1.807, 2.05) is 0 Å².